The Hall–Kier alpha value is -1.56. The van der Waals surface area contributed by atoms with Gasteiger partial charge >= 0.3 is 0 Å². The molecular formula is C12H14F2N2O3S. The summed E-state index contributed by atoms with van der Waals surface area (Å²) in [4.78, 5) is -0.203. The number of hydrogen-bond acceptors (Lipinski definition) is 4. The van der Waals surface area contributed by atoms with Crippen LogP contribution in [0.4, 0.5) is 8.78 Å². The van der Waals surface area contributed by atoms with Crippen LogP contribution in [0.25, 0.3) is 0 Å². The number of aliphatic hydroxyl groups excluding tert-OH is 1. The second kappa shape index (κ2) is 6.74. The molecular weight excluding hydrogens is 290 g/mol. The molecule has 1 aromatic carbocycles. The highest BCUT2D eigenvalue weighted by Crippen LogP contribution is 2.21. The summed E-state index contributed by atoms with van der Waals surface area (Å²) >= 11 is 0. The lowest BCUT2D eigenvalue weighted by Crippen LogP contribution is -2.37. The first-order valence-corrected chi connectivity index (χ1v) is 7.17. The molecule has 20 heavy (non-hydrogen) atoms. The fourth-order valence-corrected chi connectivity index (χ4v) is 3.32. The second-order valence-corrected chi connectivity index (χ2v) is 5.98. The van der Waals surface area contributed by atoms with E-state index in [0.717, 1.165) is 6.07 Å². The predicted octanol–water partition coefficient (Wildman–Crippen LogP) is 1.11. The summed E-state index contributed by atoms with van der Waals surface area (Å²) in [5.41, 5.74) is 0.469. The quantitative estimate of drug-likeness (QED) is 0.853. The zero-order valence-corrected chi connectivity index (χ0v) is 11.6. The number of aliphatic hydroxyl groups is 1. The molecule has 1 N–H and O–H groups in total. The maximum Gasteiger partial charge on any atom is 0.252 e. The van der Waals surface area contributed by atoms with E-state index in [9.17, 15) is 17.2 Å². The number of nitrogens with zero attached hydrogens (tertiary/aromatic N) is 2. The van der Waals surface area contributed by atoms with Crippen LogP contribution in [-0.4, -0.2) is 44.0 Å². The Kier molecular flexibility index (Phi) is 5.56. The van der Waals surface area contributed by atoms with E-state index in [4.69, 9.17) is 10.4 Å². The molecule has 0 radical (unpaired) electrons. The van der Waals surface area contributed by atoms with Crippen molar-refractivity contribution in [2.45, 2.75) is 18.2 Å². The van der Waals surface area contributed by atoms with Gasteiger partial charge in [0.25, 0.3) is 6.43 Å². The third kappa shape index (κ3) is 3.72. The molecule has 0 aliphatic rings. The molecule has 0 saturated heterocycles. The normalized spacial score (nSPS) is 11.8. The standard InChI is InChI=1S/C12H14F2N2O3S/c1-9-2-3-10(7-15)6-11(9)20(18,19)16(4-5-17)8-12(13)14/h2-3,6,12,17H,4-5,8H2,1H3. The lowest BCUT2D eigenvalue weighted by Gasteiger charge is -2.21. The Labute approximate surface area is 116 Å². The number of sulfonamides is 1. The Morgan fingerprint density at radius 3 is 2.60 bits per heavy atom. The molecule has 0 aliphatic carbocycles. The van der Waals surface area contributed by atoms with E-state index in [1.54, 1.807) is 6.07 Å². The van der Waals surface area contributed by atoms with Gasteiger partial charge in [0, 0.05) is 6.54 Å². The SMILES string of the molecule is Cc1ccc(C#N)cc1S(=O)(=O)N(CCO)CC(F)F. The average Bonchev–Trinajstić information content (AvgIpc) is 2.38. The highest BCUT2D eigenvalue weighted by atomic mass is 32.2. The second-order valence-electron chi connectivity index (χ2n) is 4.07. The molecule has 0 unspecified atom stereocenters. The van der Waals surface area contributed by atoms with E-state index in [1.807, 2.05) is 0 Å². The van der Waals surface area contributed by atoms with Gasteiger partial charge in [-0.15, -0.1) is 0 Å². The summed E-state index contributed by atoms with van der Waals surface area (Å²) in [6.07, 6.45) is -2.85. The molecule has 0 saturated carbocycles. The van der Waals surface area contributed by atoms with Gasteiger partial charge in [0.05, 0.1) is 29.7 Å². The summed E-state index contributed by atoms with van der Waals surface area (Å²) in [6.45, 7) is -0.488. The van der Waals surface area contributed by atoms with E-state index < -0.39 is 36.1 Å². The summed E-state index contributed by atoms with van der Waals surface area (Å²) in [7, 11) is -4.18. The number of aryl methyl sites for hydroxylation is 1. The van der Waals surface area contributed by atoms with Gasteiger partial charge in [-0.25, -0.2) is 17.2 Å². The van der Waals surface area contributed by atoms with Crippen LogP contribution in [0.15, 0.2) is 23.1 Å². The van der Waals surface area contributed by atoms with Gasteiger partial charge in [-0.3, -0.25) is 0 Å². The van der Waals surface area contributed by atoms with Crippen LogP contribution in [0.2, 0.25) is 0 Å². The van der Waals surface area contributed by atoms with Gasteiger partial charge in [-0.2, -0.15) is 9.57 Å². The van der Waals surface area contributed by atoms with Crippen LogP contribution >= 0.6 is 0 Å². The fraction of sp³-hybridized carbons (Fsp3) is 0.417. The Balaban J connectivity index is 3.29. The highest BCUT2D eigenvalue weighted by Gasteiger charge is 2.28. The highest BCUT2D eigenvalue weighted by molar-refractivity contribution is 7.89. The number of nitriles is 1. The van der Waals surface area contributed by atoms with Gasteiger partial charge in [0.15, 0.2) is 0 Å². The van der Waals surface area contributed by atoms with Gasteiger partial charge in [-0.1, -0.05) is 6.07 Å². The van der Waals surface area contributed by atoms with Crippen LogP contribution in [0.1, 0.15) is 11.1 Å². The minimum absolute atomic E-state index is 0.121. The monoisotopic (exact) mass is 304 g/mol. The maximum absolute atomic E-state index is 12.5. The van der Waals surface area contributed by atoms with Gasteiger partial charge in [0.2, 0.25) is 10.0 Å². The topological polar surface area (TPSA) is 81.4 Å². The molecule has 8 heteroatoms. The Bertz CT molecular complexity index is 612. The third-order valence-electron chi connectivity index (χ3n) is 2.63. The van der Waals surface area contributed by atoms with Gasteiger partial charge < -0.3 is 5.11 Å². The summed E-state index contributed by atoms with van der Waals surface area (Å²) in [6, 6.07) is 5.82. The minimum atomic E-state index is -4.18. The maximum atomic E-state index is 12.5. The molecule has 5 nitrogen and oxygen atoms in total. The fourth-order valence-electron chi connectivity index (χ4n) is 1.66. The smallest absolute Gasteiger partial charge is 0.252 e. The van der Waals surface area contributed by atoms with Crippen LogP contribution in [-0.2, 0) is 10.0 Å². The Morgan fingerprint density at radius 2 is 2.10 bits per heavy atom. The molecule has 110 valence electrons. The molecule has 0 amide bonds. The molecule has 0 heterocycles. The predicted molar refractivity (Wildman–Crippen MR) is 67.7 cm³/mol. The van der Waals surface area contributed by atoms with E-state index in [0.29, 0.717) is 9.87 Å². The zero-order chi connectivity index (χ0) is 15.3. The van der Waals surface area contributed by atoms with E-state index >= 15 is 0 Å². The van der Waals surface area contributed by atoms with Crippen molar-refractivity contribution in [2.75, 3.05) is 19.7 Å². The first kappa shape index (κ1) is 16.5. The number of hydrogen-bond donors (Lipinski definition) is 1. The lowest BCUT2D eigenvalue weighted by molar-refractivity contribution is 0.113. The van der Waals surface area contributed by atoms with Crippen LogP contribution in [0, 0.1) is 18.3 Å². The number of halogens is 2. The molecule has 0 aromatic heterocycles. The van der Waals surface area contributed by atoms with Crippen LogP contribution < -0.4 is 0 Å². The van der Waals surface area contributed by atoms with E-state index in [-0.39, 0.29) is 10.5 Å². The molecule has 0 spiro atoms. The van der Waals surface area contributed by atoms with Crippen molar-refractivity contribution in [2.24, 2.45) is 0 Å². The first-order chi connectivity index (χ1) is 9.32. The number of benzene rings is 1. The molecule has 1 rings (SSSR count). The summed E-state index contributed by atoms with van der Waals surface area (Å²) in [5.74, 6) is 0. The van der Waals surface area contributed by atoms with Crippen molar-refractivity contribution in [3.8, 4) is 6.07 Å². The van der Waals surface area contributed by atoms with Crippen LogP contribution in [0.3, 0.4) is 0 Å². The zero-order valence-electron chi connectivity index (χ0n) is 10.8. The van der Waals surface area contributed by atoms with E-state index in [2.05, 4.69) is 0 Å². The molecule has 1 aromatic rings. The van der Waals surface area contributed by atoms with Crippen molar-refractivity contribution in [1.29, 1.82) is 5.26 Å². The van der Waals surface area contributed by atoms with Gasteiger partial charge in [0.1, 0.15) is 0 Å². The van der Waals surface area contributed by atoms with Crippen molar-refractivity contribution < 1.29 is 22.3 Å². The largest absolute Gasteiger partial charge is 0.395 e. The van der Waals surface area contributed by atoms with Crippen molar-refractivity contribution in [1.82, 2.24) is 4.31 Å². The molecule has 0 atom stereocenters. The van der Waals surface area contributed by atoms with Crippen molar-refractivity contribution in [3.63, 3.8) is 0 Å². The minimum Gasteiger partial charge on any atom is -0.395 e. The van der Waals surface area contributed by atoms with Crippen LogP contribution in [0.5, 0.6) is 0 Å². The molecule has 0 aliphatic heterocycles. The molecule has 0 fully saturated rings. The Morgan fingerprint density at radius 1 is 1.45 bits per heavy atom. The molecule has 0 bridgehead atoms. The number of alkyl halides is 2. The number of rotatable bonds is 6. The summed E-state index contributed by atoms with van der Waals surface area (Å²) in [5, 5.41) is 17.6. The lowest BCUT2D eigenvalue weighted by atomic mass is 10.2. The van der Waals surface area contributed by atoms with E-state index in [1.165, 1.54) is 19.1 Å². The third-order valence-corrected chi connectivity index (χ3v) is 4.63. The summed E-state index contributed by atoms with van der Waals surface area (Å²) < 4.78 is 50.1. The van der Waals surface area contributed by atoms with Crippen molar-refractivity contribution >= 4 is 10.0 Å². The van der Waals surface area contributed by atoms with Crippen molar-refractivity contribution in [3.05, 3.63) is 29.3 Å². The first-order valence-electron chi connectivity index (χ1n) is 5.73. The van der Waals surface area contributed by atoms with Gasteiger partial charge in [-0.05, 0) is 24.6 Å². The average molecular weight is 304 g/mol.